The number of amides is 1. The van der Waals surface area contributed by atoms with Crippen molar-refractivity contribution in [3.8, 4) is 17.4 Å². The van der Waals surface area contributed by atoms with Crippen LogP contribution in [-0.2, 0) is 4.79 Å². The number of benzene rings is 1. The summed E-state index contributed by atoms with van der Waals surface area (Å²) in [6.45, 7) is 1.80. The number of aryl methyl sites for hydroxylation is 1. The molecule has 0 spiro atoms. The third kappa shape index (κ3) is 3.20. The van der Waals surface area contributed by atoms with Crippen molar-refractivity contribution in [1.29, 1.82) is 0 Å². The van der Waals surface area contributed by atoms with Crippen LogP contribution < -0.4 is 14.8 Å². The molecule has 1 N–H and O–H groups in total. The number of Topliss-reactive ketones (excluding diaryl/α,β-unsaturated/α-hetero) is 1. The fourth-order valence-electron chi connectivity index (χ4n) is 3.51. The number of ketones is 1. The summed E-state index contributed by atoms with van der Waals surface area (Å²) < 4.78 is 12.0. The lowest BCUT2D eigenvalue weighted by Crippen LogP contribution is -2.28. The number of hydrogen-bond acceptors (Lipinski definition) is 7. The molecular weight excluding hydrogens is 374 g/mol. The van der Waals surface area contributed by atoms with Crippen LogP contribution in [0.1, 0.15) is 34.0 Å². The first-order chi connectivity index (χ1) is 14.0. The number of nitrogens with one attached hydrogen (secondary N) is 1. The molecule has 0 radical (unpaired) electrons. The summed E-state index contributed by atoms with van der Waals surface area (Å²) in [4.78, 5) is 34.1. The van der Waals surface area contributed by atoms with Gasteiger partial charge in [0.15, 0.2) is 17.3 Å². The molecule has 1 aliphatic heterocycles. The lowest BCUT2D eigenvalue weighted by atomic mass is 9.85. The minimum Gasteiger partial charge on any atom is -0.493 e. The van der Waals surface area contributed by atoms with Gasteiger partial charge in [-0.25, -0.2) is 9.97 Å². The Morgan fingerprint density at radius 1 is 1.17 bits per heavy atom. The van der Waals surface area contributed by atoms with E-state index in [1.54, 1.807) is 43.6 Å². The monoisotopic (exact) mass is 393 g/mol. The second-order valence-corrected chi connectivity index (χ2v) is 6.55. The molecule has 0 saturated heterocycles. The van der Waals surface area contributed by atoms with Crippen LogP contribution >= 0.6 is 0 Å². The van der Waals surface area contributed by atoms with E-state index in [0.29, 0.717) is 40.1 Å². The second kappa shape index (κ2) is 7.34. The van der Waals surface area contributed by atoms with Crippen LogP contribution in [0.25, 0.3) is 5.95 Å². The highest BCUT2D eigenvalue weighted by Crippen LogP contribution is 2.39. The Hall–Kier alpha value is -3.75. The van der Waals surface area contributed by atoms with Gasteiger partial charge in [-0.05, 0) is 31.2 Å². The fourth-order valence-corrected chi connectivity index (χ4v) is 3.51. The highest BCUT2D eigenvalue weighted by Gasteiger charge is 2.37. The van der Waals surface area contributed by atoms with E-state index in [4.69, 9.17) is 9.47 Å². The topological polar surface area (TPSA) is 108 Å². The Labute approximate surface area is 166 Å². The van der Waals surface area contributed by atoms with Crippen molar-refractivity contribution in [2.24, 2.45) is 0 Å². The fraction of sp³-hybridized carbons (Fsp3) is 0.250. The Morgan fingerprint density at radius 3 is 2.59 bits per heavy atom. The molecule has 2 aromatic heterocycles. The van der Waals surface area contributed by atoms with Gasteiger partial charge in [0.2, 0.25) is 5.91 Å². The molecule has 3 aromatic rings. The van der Waals surface area contributed by atoms with Gasteiger partial charge in [0.1, 0.15) is 5.82 Å². The summed E-state index contributed by atoms with van der Waals surface area (Å²) in [7, 11) is 3.03. The lowest BCUT2D eigenvalue weighted by molar-refractivity contribution is -0.116. The largest absolute Gasteiger partial charge is 0.493 e. The first-order valence-electron chi connectivity index (χ1n) is 8.96. The van der Waals surface area contributed by atoms with Crippen molar-refractivity contribution in [2.45, 2.75) is 19.3 Å². The summed E-state index contributed by atoms with van der Waals surface area (Å²) in [5.41, 5.74) is 1.72. The van der Waals surface area contributed by atoms with E-state index in [2.05, 4.69) is 20.4 Å². The number of hydrogen-bond donors (Lipinski definition) is 1. The van der Waals surface area contributed by atoms with E-state index >= 15 is 0 Å². The molecule has 29 heavy (non-hydrogen) atoms. The van der Waals surface area contributed by atoms with Gasteiger partial charge in [-0.15, -0.1) is 0 Å². The van der Waals surface area contributed by atoms with Gasteiger partial charge in [-0.1, -0.05) is 0 Å². The third-order valence-electron chi connectivity index (χ3n) is 4.83. The van der Waals surface area contributed by atoms with E-state index in [9.17, 15) is 9.59 Å². The number of anilines is 1. The number of fused-ring (bicyclic) bond motifs is 1. The zero-order chi connectivity index (χ0) is 20.5. The standard InChI is InChI=1S/C20H19N5O4/c1-11-17-13(18(27)12-5-6-14(28-2)15(9-12)29-3)10-16(26)23-19(17)25(24-11)20-21-7-4-8-22-20/h4-9,13H,10H2,1-3H3,(H,23,26)/t13-/m0/s1. The van der Waals surface area contributed by atoms with Gasteiger partial charge < -0.3 is 14.8 Å². The van der Waals surface area contributed by atoms with Crippen LogP contribution in [0.3, 0.4) is 0 Å². The number of carbonyl (C=O) groups excluding carboxylic acids is 2. The number of aromatic nitrogens is 4. The number of methoxy groups -OCH3 is 2. The number of rotatable bonds is 5. The Kier molecular flexibility index (Phi) is 4.71. The molecule has 0 bridgehead atoms. The maximum atomic E-state index is 13.3. The molecule has 0 aliphatic carbocycles. The quantitative estimate of drug-likeness (QED) is 0.663. The van der Waals surface area contributed by atoms with Crippen molar-refractivity contribution in [2.75, 3.05) is 19.5 Å². The van der Waals surface area contributed by atoms with Crippen LogP contribution in [0.2, 0.25) is 0 Å². The average Bonchev–Trinajstić information content (AvgIpc) is 3.08. The van der Waals surface area contributed by atoms with Gasteiger partial charge in [-0.3, -0.25) is 9.59 Å². The van der Waals surface area contributed by atoms with Gasteiger partial charge in [0.05, 0.1) is 25.8 Å². The minimum absolute atomic E-state index is 0.0301. The SMILES string of the molecule is COc1ccc(C(=O)[C@H]2CC(=O)Nc3c2c(C)nn3-c2ncccn2)cc1OC. The van der Waals surface area contributed by atoms with E-state index in [1.165, 1.54) is 18.9 Å². The normalized spacial score (nSPS) is 15.4. The van der Waals surface area contributed by atoms with Crippen molar-refractivity contribution in [3.05, 3.63) is 53.5 Å². The molecule has 1 aliphatic rings. The smallest absolute Gasteiger partial charge is 0.252 e. The van der Waals surface area contributed by atoms with E-state index in [0.717, 1.165) is 0 Å². The molecular formula is C20H19N5O4. The average molecular weight is 393 g/mol. The molecule has 9 heteroatoms. The van der Waals surface area contributed by atoms with Crippen LogP contribution in [0.4, 0.5) is 5.82 Å². The van der Waals surface area contributed by atoms with Gasteiger partial charge in [0, 0.05) is 29.9 Å². The van der Waals surface area contributed by atoms with Crippen LogP contribution in [0.15, 0.2) is 36.7 Å². The van der Waals surface area contributed by atoms with Gasteiger partial charge in [0.25, 0.3) is 5.95 Å². The molecule has 148 valence electrons. The zero-order valence-corrected chi connectivity index (χ0v) is 16.2. The molecule has 4 rings (SSSR count). The van der Waals surface area contributed by atoms with Crippen molar-refractivity contribution in [3.63, 3.8) is 0 Å². The van der Waals surface area contributed by atoms with E-state index in [-0.39, 0.29) is 18.1 Å². The van der Waals surface area contributed by atoms with Gasteiger partial charge >= 0.3 is 0 Å². The number of nitrogens with zero attached hydrogens (tertiary/aromatic N) is 4. The summed E-state index contributed by atoms with van der Waals surface area (Å²) in [5, 5.41) is 7.27. The highest BCUT2D eigenvalue weighted by molar-refractivity contribution is 6.08. The highest BCUT2D eigenvalue weighted by atomic mass is 16.5. The Morgan fingerprint density at radius 2 is 1.90 bits per heavy atom. The maximum absolute atomic E-state index is 13.3. The first-order valence-corrected chi connectivity index (χ1v) is 8.96. The summed E-state index contributed by atoms with van der Waals surface area (Å²) >= 11 is 0. The molecule has 0 saturated carbocycles. The first kappa shape index (κ1) is 18.6. The molecule has 1 aromatic carbocycles. The third-order valence-corrected chi connectivity index (χ3v) is 4.83. The van der Waals surface area contributed by atoms with Gasteiger partial charge in [-0.2, -0.15) is 9.78 Å². The van der Waals surface area contributed by atoms with Crippen molar-refractivity contribution in [1.82, 2.24) is 19.7 Å². The van der Waals surface area contributed by atoms with Crippen LogP contribution in [-0.4, -0.2) is 45.7 Å². The summed E-state index contributed by atoms with van der Waals surface area (Å²) in [6, 6.07) is 6.64. The summed E-state index contributed by atoms with van der Waals surface area (Å²) in [6.07, 6.45) is 3.20. The number of carbonyl (C=O) groups is 2. The minimum atomic E-state index is -0.672. The molecule has 1 atom stereocenters. The molecule has 1 amide bonds. The Bertz CT molecular complexity index is 1090. The molecule has 0 fully saturated rings. The predicted molar refractivity (Wildman–Crippen MR) is 104 cm³/mol. The van der Waals surface area contributed by atoms with E-state index in [1.807, 2.05) is 0 Å². The lowest BCUT2D eigenvalue weighted by Gasteiger charge is -2.23. The molecule has 0 unspecified atom stereocenters. The predicted octanol–water partition coefficient (Wildman–Crippen LogP) is 2.30. The Balaban J connectivity index is 1.79. The molecule has 3 heterocycles. The molecule has 9 nitrogen and oxygen atoms in total. The summed E-state index contributed by atoms with van der Waals surface area (Å²) in [5.74, 6) is 0.571. The second-order valence-electron chi connectivity index (χ2n) is 6.55. The maximum Gasteiger partial charge on any atom is 0.252 e. The van der Waals surface area contributed by atoms with Crippen molar-refractivity contribution < 1.29 is 19.1 Å². The van der Waals surface area contributed by atoms with Crippen LogP contribution in [0, 0.1) is 6.92 Å². The van der Waals surface area contributed by atoms with Crippen molar-refractivity contribution >= 4 is 17.5 Å². The zero-order valence-electron chi connectivity index (χ0n) is 16.2. The number of ether oxygens (including phenoxy) is 2. The van der Waals surface area contributed by atoms with Crippen LogP contribution in [0.5, 0.6) is 11.5 Å². The van der Waals surface area contributed by atoms with E-state index < -0.39 is 5.92 Å².